The summed E-state index contributed by atoms with van der Waals surface area (Å²) in [6.45, 7) is 10.5. The molecule has 1 heterocycles. The van der Waals surface area contributed by atoms with Gasteiger partial charge in [-0.1, -0.05) is 58.9 Å². The molecule has 0 bridgehead atoms. The molecule has 1 unspecified atom stereocenters. The number of halogens is 3. The zero-order valence-corrected chi connectivity index (χ0v) is 19.0. The van der Waals surface area contributed by atoms with E-state index in [1.807, 2.05) is 36.4 Å². The molecular weight excluding hydrogens is 413 g/mol. The van der Waals surface area contributed by atoms with Gasteiger partial charge in [0.25, 0.3) is 0 Å². The average Bonchev–Trinajstić information content (AvgIpc) is 2.73. The van der Waals surface area contributed by atoms with Crippen molar-refractivity contribution in [3.05, 3.63) is 71.4 Å². The molecule has 0 amide bonds. The first-order chi connectivity index (χ1) is 15.0. The Hall–Kier alpha value is -3.09. The molecule has 3 aromatic rings. The van der Waals surface area contributed by atoms with Gasteiger partial charge in [0, 0.05) is 17.6 Å². The van der Waals surface area contributed by atoms with Crippen LogP contribution in [0, 0.1) is 0 Å². The van der Waals surface area contributed by atoms with E-state index >= 15 is 0 Å². The SMILES string of the molecule is CCC(C)c1ccc(Nc2ncc(C(F)(F)F)c(Nc3ccc(C(C)(C)C)cc3)n2)cc1. The number of anilines is 4. The van der Waals surface area contributed by atoms with Crippen LogP contribution in [0.2, 0.25) is 0 Å². The maximum absolute atomic E-state index is 13.5. The van der Waals surface area contributed by atoms with Gasteiger partial charge in [0.15, 0.2) is 0 Å². The Morgan fingerprint density at radius 2 is 1.44 bits per heavy atom. The van der Waals surface area contributed by atoms with Crippen molar-refractivity contribution in [1.82, 2.24) is 9.97 Å². The normalized spacial score (nSPS) is 13.0. The summed E-state index contributed by atoms with van der Waals surface area (Å²) < 4.78 is 40.6. The summed E-state index contributed by atoms with van der Waals surface area (Å²) in [4.78, 5) is 8.00. The summed E-state index contributed by atoms with van der Waals surface area (Å²) in [6.07, 6.45) is -2.75. The van der Waals surface area contributed by atoms with E-state index in [1.54, 1.807) is 12.1 Å². The second-order valence-electron chi connectivity index (χ2n) is 8.96. The van der Waals surface area contributed by atoms with Crippen molar-refractivity contribution in [3.63, 3.8) is 0 Å². The van der Waals surface area contributed by atoms with Gasteiger partial charge in [0.2, 0.25) is 5.95 Å². The predicted octanol–water partition coefficient (Wildman–Crippen LogP) is 7.79. The van der Waals surface area contributed by atoms with Crippen LogP contribution < -0.4 is 10.6 Å². The Labute approximate surface area is 187 Å². The lowest BCUT2D eigenvalue weighted by Crippen LogP contribution is -2.13. The van der Waals surface area contributed by atoms with Crippen LogP contribution in [0.25, 0.3) is 0 Å². The number of benzene rings is 2. The molecule has 0 saturated heterocycles. The number of hydrogen-bond acceptors (Lipinski definition) is 4. The van der Waals surface area contributed by atoms with Crippen LogP contribution in [0.1, 0.15) is 63.6 Å². The monoisotopic (exact) mass is 442 g/mol. The molecule has 2 N–H and O–H groups in total. The lowest BCUT2D eigenvalue weighted by molar-refractivity contribution is -0.137. The minimum atomic E-state index is -4.58. The van der Waals surface area contributed by atoms with Crippen molar-refractivity contribution in [2.45, 2.75) is 58.5 Å². The van der Waals surface area contributed by atoms with Crippen LogP contribution in [0.5, 0.6) is 0 Å². The van der Waals surface area contributed by atoms with Gasteiger partial charge < -0.3 is 10.6 Å². The maximum Gasteiger partial charge on any atom is 0.421 e. The molecule has 1 aromatic heterocycles. The van der Waals surface area contributed by atoms with E-state index in [-0.39, 0.29) is 17.2 Å². The van der Waals surface area contributed by atoms with Crippen LogP contribution in [-0.4, -0.2) is 9.97 Å². The Balaban J connectivity index is 1.87. The van der Waals surface area contributed by atoms with E-state index in [1.165, 1.54) is 5.56 Å². The number of hydrogen-bond donors (Lipinski definition) is 2. The lowest BCUT2D eigenvalue weighted by Gasteiger charge is -2.20. The lowest BCUT2D eigenvalue weighted by atomic mass is 9.87. The van der Waals surface area contributed by atoms with Gasteiger partial charge in [0.1, 0.15) is 11.4 Å². The van der Waals surface area contributed by atoms with E-state index < -0.39 is 11.7 Å². The first-order valence-corrected chi connectivity index (χ1v) is 10.7. The van der Waals surface area contributed by atoms with Gasteiger partial charge in [-0.15, -0.1) is 0 Å². The molecule has 32 heavy (non-hydrogen) atoms. The third-order valence-electron chi connectivity index (χ3n) is 5.46. The number of nitrogens with zero attached hydrogens (tertiary/aromatic N) is 2. The van der Waals surface area contributed by atoms with Crippen molar-refractivity contribution in [2.75, 3.05) is 10.6 Å². The number of rotatable bonds is 6. The first-order valence-electron chi connectivity index (χ1n) is 10.7. The van der Waals surface area contributed by atoms with E-state index in [2.05, 4.69) is 55.2 Å². The number of aromatic nitrogens is 2. The fourth-order valence-electron chi connectivity index (χ4n) is 3.19. The smallest absolute Gasteiger partial charge is 0.340 e. The highest BCUT2D eigenvalue weighted by atomic mass is 19.4. The van der Waals surface area contributed by atoms with Crippen molar-refractivity contribution in [2.24, 2.45) is 0 Å². The number of alkyl halides is 3. The zero-order chi connectivity index (χ0) is 23.5. The second kappa shape index (κ2) is 9.18. The summed E-state index contributed by atoms with van der Waals surface area (Å²) in [6, 6.07) is 15.0. The van der Waals surface area contributed by atoms with Crippen LogP contribution in [0.3, 0.4) is 0 Å². The molecule has 170 valence electrons. The molecule has 3 rings (SSSR count). The van der Waals surface area contributed by atoms with Gasteiger partial charge in [-0.05, 0) is 53.1 Å². The van der Waals surface area contributed by atoms with Gasteiger partial charge in [-0.2, -0.15) is 18.2 Å². The van der Waals surface area contributed by atoms with Crippen LogP contribution >= 0.6 is 0 Å². The molecule has 0 radical (unpaired) electrons. The molecule has 0 aliphatic rings. The van der Waals surface area contributed by atoms with Gasteiger partial charge in [0.05, 0.1) is 0 Å². The second-order valence-corrected chi connectivity index (χ2v) is 8.96. The van der Waals surface area contributed by atoms with Crippen LogP contribution in [0.15, 0.2) is 54.7 Å². The fourth-order valence-corrected chi connectivity index (χ4v) is 3.19. The molecule has 0 aliphatic heterocycles. The summed E-state index contributed by atoms with van der Waals surface area (Å²) in [7, 11) is 0. The van der Waals surface area contributed by atoms with Gasteiger partial charge in [-0.25, -0.2) is 4.98 Å². The van der Waals surface area contributed by atoms with Crippen LogP contribution in [0.4, 0.5) is 36.3 Å². The van der Waals surface area contributed by atoms with Gasteiger partial charge >= 0.3 is 6.18 Å². The van der Waals surface area contributed by atoms with Crippen molar-refractivity contribution in [1.29, 1.82) is 0 Å². The molecule has 0 saturated carbocycles. The van der Waals surface area contributed by atoms with E-state index in [9.17, 15) is 13.2 Å². The maximum atomic E-state index is 13.5. The quantitative estimate of drug-likeness (QED) is 0.409. The topological polar surface area (TPSA) is 49.8 Å². The molecule has 0 spiro atoms. The molecule has 1 atom stereocenters. The summed E-state index contributed by atoms with van der Waals surface area (Å²) in [5.74, 6) is 0.227. The third-order valence-corrected chi connectivity index (χ3v) is 5.46. The van der Waals surface area contributed by atoms with Crippen LogP contribution in [-0.2, 0) is 11.6 Å². The van der Waals surface area contributed by atoms with E-state index in [4.69, 9.17) is 0 Å². The first kappa shape index (κ1) is 23.6. The van der Waals surface area contributed by atoms with E-state index in [0.29, 0.717) is 17.3 Å². The third kappa shape index (κ3) is 5.78. The molecule has 2 aromatic carbocycles. The van der Waals surface area contributed by atoms with E-state index in [0.717, 1.165) is 18.2 Å². The predicted molar refractivity (Wildman–Crippen MR) is 124 cm³/mol. The summed E-state index contributed by atoms with van der Waals surface area (Å²) >= 11 is 0. The average molecular weight is 443 g/mol. The summed E-state index contributed by atoms with van der Waals surface area (Å²) in [5.41, 5.74) is 2.54. The van der Waals surface area contributed by atoms with Crippen molar-refractivity contribution < 1.29 is 13.2 Å². The molecule has 0 aliphatic carbocycles. The Bertz CT molecular complexity index is 1040. The summed E-state index contributed by atoms with van der Waals surface area (Å²) in [5, 5.41) is 5.80. The molecular formula is C25H29F3N4. The molecule has 0 fully saturated rings. The fraction of sp³-hybridized carbons (Fsp3) is 0.360. The Kier molecular flexibility index (Phi) is 6.77. The molecule has 7 heteroatoms. The number of nitrogens with one attached hydrogen (secondary N) is 2. The highest BCUT2D eigenvalue weighted by molar-refractivity contribution is 5.63. The largest absolute Gasteiger partial charge is 0.421 e. The zero-order valence-electron chi connectivity index (χ0n) is 19.0. The highest BCUT2D eigenvalue weighted by Gasteiger charge is 2.35. The Morgan fingerprint density at radius 3 is 1.97 bits per heavy atom. The standard InChI is InChI=1S/C25H29F3N4/c1-6-16(2)17-7-11-20(12-8-17)31-23-29-15-21(25(26,27)28)22(32-23)30-19-13-9-18(10-14-19)24(3,4)5/h7-16H,6H2,1-5H3,(H2,29,30,31,32). The minimum Gasteiger partial charge on any atom is -0.340 e. The molecule has 4 nitrogen and oxygen atoms in total. The van der Waals surface area contributed by atoms with Crippen molar-refractivity contribution in [3.8, 4) is 0 Å². The highest BCUT2D eigenvalue weighted by Crippen LogP contribution is 2.35. The Morgan fingerprint density at radius 1 is 0.875 bits per heavy atom. The van der Waals surface area contributed by atoms with Gasteiger partial charge in [-0.3, -0.25) is 0 Å². The minimum absolute atomic E-state index is 0.0495. The van der Waals surface area contributed by atoms with Crippen molar-refractivity contribution >= 4 is 23.1 Å².